The zero-order valence-corrected chi connectivity index (χ0v) is 28.5. The summed E-state index contributed by atoms with van der Waals surface area (Å²) in [5, 5.41) is 0. The number of unbranched alkanes of at least 4 members (excludes halogenated alkanes) is 3. The van der Waals surface area contributed by atoms with E-state index in [-0.39, 0.29) is 36.3 Å². The fraction of sp³-hybridized carbons (Fsp3) is 0.828. The lowest BCUT2D eigenvalue weighted by atomic mass is 9.97. The Balaban J connectivity index is 2.05. The van der Waals surface area contributed by atoms with Gasteiger partial charge in [-0.05, 0) is 90.2 Å². The highest BCUT2D eigenvalue weighted by atomic mass is 28.4. The molecule has 1 heterocycles. The minimum atomic E-state index is -1.80. The second-order valence-electron chi connectivity index (χ2n) is 13.8. The molecule has 0 aromatic rings. The predicted molar refractivity (Wildman–Crippen MR) is 162 cm³/mol. The fourth-order valence-corrected chi connectivity index (χ4v) is 8.24. The Bertz CT molecular complexity index is 776. The summed E-state index contributed by atoms with van der Waals surface area (Å²) in [5.41, 5.74) is 1.39. The summed E-state index contributed by atoms with van der Waals surface area (Å²) in [6, 6.07) is 0. The maximum absolute atomic E-state index is 12.0. The zero-order valence-electron chi connectivity index (χ0n) is 25.5. The lowest BCUT2D eigenvalue weighted by Gasteiger charge is -2.28. The van der Waals surface area contributed by atoms with Crippen LogP contribution in [0.4, 0.5) is 0 Å². The normalized spacial score (nSPS) is 25.4. The molecule has 1 aliphatic carbocycles. The van der Waals surface area contributed by atoms with E-state index >= 15 is 0 Å². The Morgan fingerprint density at radius 1 is 1.00 bits per heavy atom. The van der Waals surface area contributed by atoms with Gasteiger partial charge in [-0.25, -0.2) is 0 Å². The molecule has 0 amide bonds. The Morgan fingerprint density at radius 2 is 1.70 bits per heavy atom. The molecule has 1 fully saturated rings. The highest BCUT2D eigenvalue weighted by Gasteiger charge is 2.44. The lowest BCUT2D eigenvalue weighted by Crippen LogP contribution is -2.34. The van der Waals surface area contributed by atoms with Gasteiger partial charge in [-0.1, -0.05) is 44.4 Å². The van der Waals surface area contributed by atoms with Crippen LogP contribution < -0.4 is 0 Å². The van der Waals surface area contributed by atoms with E-state index in [1.165, 1.54) is 24.8 Å². The van der Waals surface area contributed by atoms with Gasteiger partial charge in [-0.2, -0.15) is 0 Å². The van der Waals surface area contributed by atoms with Crippen LogP contribution in [0.1, 0.15) is 64.7 Å². The summed E-state index contributed by atoms with van der Waals surface area (Å²) in [6.07, 6.45) is 16.7. The van der Waals surface area contributed by atoms with E-state index in [0.717, 1.165) is 32.1 Å². The standard InChI is InChI=1S/C29H56O5Si3/c1-11-12-13-16-23(32-35(2,3)4)19-20-25-26-21-24(17-14-15-18-29(30)34-37(8,9)10)31-27(26)22-28(25)33-36(5,6)7/h19-21,23-25,27-28H,11-18,22H2,1-10H3/b20-19+/t23?,24?,25-,27?,28?/m1/s1. The minimum absolute atomic E-state index is 0.0488. The SMILES string of the molecule is CCCCCC(/C=C/[C@@H]1C2=CC(CCCCC(=O)O[Si](C)(C)C)OC2CC1O[Si](C)(C)C)O[Si](C)(C)C. The van der Waals surface area contributed by atoms with E-state index in [1.54, 1.807) is 0 Å². The molecule has 0 saturated heterocycles. The minimum Gasteiger partial charge on any atom is -0.520 e. The molecule has 0 bridgehead atoms. The van der Waals surface area contributed by atoms with Crippen LogP contribution in [-0.4, -0.2) is 55.3 Å². The molecule has 0 spiro atoms. The van der Waals surface area contributed by atoms with Gasteiger partial charge in [0.05, 0.1) is 24.4 Å². The van der Waals surface area contributed by atoms with E-state index < -0.39 is 25.0 Å². The molecule has 1 saturated carbocycles. The molecule has 2 aliphatic rings. The van der Waals surface area contributed by atoms with E-state index in [0.29, 0.717) is 6.42 Å². The summed E-state index contributed by atoms with van der Waals surface area (Å²) in [6.45, 7) is 22.1. The molecule has 5 nitrogen and oxygen atoms in total. The van der Waals surface area contributed by atoms with E-state index in [1.807, 2.05) is 0 Å². The summed E-state index contributed by atoms with van der Waals surface area (Å²) >= 11 is 0. The van der Waals surface area contributed by atoms with Gasteiger partial charge in [-0.15, -0.1) is 0 Å². The van der Waals surface area contributed by atoms with Crippen molar-refractivity contribution in [3.8, 4) is 0 Å². The molecule has 8 heteroatoms. The van der Waals surface area contributed by atoms with Crippen molar-refractivity contribution in [2.75, 3.05) is 0 Å². The molecule has 1 aliphatic heterocycles. The van der Waals surface area contributed by atoms with Crippen molar-refractivity contribution in [1.29, 1.82) is 0 Å². The molecule has 0 N–H and O–H groups in total. The monoisotopic (exact) mass is 568 g/mol. The molecule has 0 aromatic heterocycles. The number of rotatable bonds is 16. The molecule has 4 unspecified atom stereocenters. The molecular formula is C29H56O5Si3. The van der Waals surface area contributed by atoms with Crippen LogP contribution in [0.25, 0.3) is 0 Å². The number of ether oxygens (including phenoxy) is 1. The molecule has 37 heavy (non-hydrogen) atoms. The van der Waals surface area contributed by atoms with Gasteiger partial charge in [0, 0.05) is 18.8 Å². The molecule has 214 valence electrons. The van der Waals surface area contributed by atoms with Crippen molar-refractivity contribution >= 4 is 30.9 Å². The van der Waals surface area contributed by atoms with Gasteiger partial charge in [0.2, 0.25) is 8.32 Å². The number of carbonyl (C=O) groups is 1. The topological polar surface area (TPSA) is 54.0 Å². The maximum atomic E-state index is 12.0. The Hall–Kier alpha value is -0.519. The summed E-state index contributed by atoms with van der Waals surface area (Å²) in [7, 11) is -5.12. The zero-order chi connectivity index (χ0) is 27.9. The number of fused-ring (bicyclic) bond motifs is 1. The predicted octanol–water partition coefficient (Wildman–Crippen LogP) is 8.22. The molecule has 2 rings (SSSR count). The van der Waals surface area contributed by atoms with Crippen molar-refractivity contribution in [1.82, 2.24) is 0 Å². The Labute approximate surface area is 231 Å². The van der Waals surface area contributed by atoms with Crippen LogP contribution in [0, 0.1) is 5.92 Å². The van der Waals surface area contributed by atoms with Crippen LogP contribution in [0.15, 0.2) is 23.8 Å². The van der Waals surface area contributed by atoms with Crippen LogP contribution in [0.3, 0.4) is 0 Å². The van der Waals surface area contributed by atoms with E-state index in [9.17, 15) is 4.79 Å². The van der Waals surface area contributed by atoms with Gasteiger partial charge >= 0.3 is 0 Å². The number of carbonyl (C=O) groups excluding carboxylic acids is 1. The highest BCUT2D eigenvalue weighted by molar-refractivity contribution is 6.71. The third kappa shape index (κ3) is 12.9. The second kappa shape index (κ2) is 14.2. The van der Waals surface area contributed by atoms with Crippen molar-refractivity contribution < 1.29 is 22.8 Å². The van der Waals surface area contributed by atoms with Gasteiger partial charge in [-0.3, -0.25) is 4.79 Å². The van der Waals surface area contributed by atoms with E-state index in [2.05, 4.69) is 84.1 Å². The third-order valence-electron chi connectivity index (χ3n) is 6.50. The van der Waals surface area contributed by atoms with Crippen LogP contribution >= 0.6 is 0 Å². The van der Waals surface area contributed by atoms with Crippen LogP contribution in [0.2, 0.25) is 58.9 Å². The quantitative estimate of drug-likeness (QED) is 0.107. The third-order valence-corrected chi connectivity index (χ3v) is 9.36. The first-order valence-electron chi connectivity index (χ1n) is 14.7. The maximum Gasteiger partial charge on any atom is 0.292 e. The molecule has 5 atom stereocenters. The number of hydrogen-bond donors (Lipinski definition) is 0. The Morgan fingerprint density at radius 3 is 2.30 bits per heavy atom. The average Bonchev–Trinajstić information content (AvgIpc) is 3.23. The first-order chi connectivity index (χ1) is 17.1. The lowest BCUT2D eigenvalue weighted by molar-refractivity contribution is -0.135. The van der Waals surface area contributed by atoms with Gasteiger partial charge in [0.1, 0.15) is 0 Å². The fourth-order valence-electron chi connectivity index (χ4n) is 5.20. The van der Waals surface area contributed by atoms with E-state index in [4.69, 9.17) is 18.0 Å². The largest absolute Gasteiger partial charge is 0.520 e. The smallest absolute Gasteiger partial charge is 0.292 e. The number of hydrogen-bond acceptors (Lipinski definition) is 5. The van der Waals surface area contributed by atoms with Gasteiger partial charge in [0.15, 0.2) is 16.6 Å². The van der Waals surface area contributed by atoms with Gasteiger partial charge in [0.25, 0.3) is 5.97 Å². The van der Waals surface area contributed by atoms with Crippen molar-refractivity contribution in [3.63, 3.8) is 0 Å². The molecule has 0 radical (unpaired) electrons. The first kappa shape index (κ1) is 32.7. The summed E-state index contributed by atoms with van der Waals surface area (Å²) in [4.78, 5) is 12.0. The first-order valence-corrected chi connectivity index (χ1v) is 24.9. The summed E-state index contributed by atoms with van der Waals surface area (Å²) in [5.74, 6) is 0.208. The molecule has 0 aromatic carbocycles. The van der Waals surface area contributed by atoms with Crippen LogP contribution in [0.5, 0.6) is 0 Å². The highest BCUT2D eigenvalue weighted by Crippen LogP contribution is 2.43. The van der Waals surface area contributed by atoms with Crippen molar-refractivity contribution in [3.05, 3.63) is 23.8 Å². The summed E-state index contributed by atoms with van der Waals surface area (Å²) < 4.78 is 25.3. The van der Waals surface area contributed by atoms with Crippen molar-refractivity contribution in [2.24, 2.45) is 5.92 Å². The Kier molecular flexibility index (Phi) is 12.6. The molecular weight excluding hydrogens is 513 g/mol. The second-order valence-corrected chi connectivity index (χ2v) is 27.2. The van der Waals surface area contributed by atoms with Crippen LogP contribution in [-0.2, 0) is 22.8 Å². The average molecular weight is 569 g/mol. The van der Waals surface area contributed by atoms with Crippen molar-refractivity contribution in [2.45, 2.75) is 148 Å². The van der Waals surface area contributed by atoms with Gasteiger partial charge < -0.3 is 18.0 Å².